The lowest BCUT2D eigenvalue weighted by molar-refractivity contribution is 0.0938. The summed E-state index contributed by atoms with van der Waals surface area (Å²) in [6.07, 6.45) is 5.66. The minimum Gasteiger partial charge on any atom is -0.351 e. The predicted molar refractivity (Wildman–Crippen MR) is 118 cm³/mol. The number of hydrogen-bond acceptors (Lipinski definition) is 3. The monoisotopic (exact) mass is 410 g/mol. The number of fused-ring (bicyclic) bond motifs is 1. The molecule has 0 saturated carbocycles. The zero-order valence-corrected chi connectivity index (χ0v) is 17.5. The summed E-state index contributed by atoms with van der Waals surface area (Å²) in [5, 5.41) is 9.31. The summed E-state index contributed by atoms with van der Waals surface area (Å²) >= 11 is 5.97. The first-order valence-corrected chi connectivity index (χ1v) is 10.7. The van der Waals surface area contributed by atoms with E-state index in [1.807, 2.05) is 53.3 Å². The Morgan fingerprint density at radius 3 is 2.83 bits per heavy atom. The molecule has 3 aromatic rings. The summed E-state index contributed by atoms with van der Waals surface area (Å²) in [6, 6.07) is 14.1. The summed E-state index contributed by atoms with van der Waals surface area (Å²) < 4.78 is 1.92. The molecule has 0 radical (unpaired) electrons. The lowest BCUT2D eigenvalue weighted by Gasteiger charge is -2.33. The molecule has 0 spiro atoms. The molecule has 152 valence electrons. The fourth-order valence-electron chi connectivity index (χ4n) is 4.01. The van der Waals surface area contributed by atoms with Crippen molar-refractivity contribution in [2.75, 3.05) is 19.6 Å². The minimum atomic E-state index is -0.0317. The number of aromatic nitrogens is 2. The van der Waals surface area contributed by atoms with Gasteiger partial charge in [-0.1, -0.05) is 36.2 Å². The molecule has 29 heavy (non-hydrogen) atoms. The van der Waals surface area contributed by atoms with E-state index in [2.05, 4.69) is 22.2 Å². The average Bonchev–Trinajstić information content (AvgIpc) is 3.13. The van der Waals surface area contributed by atoms with Gasteiger partial charge in [0.25, 0.3) is 5.91 Å². The fraction of sp³-hybridized carbons (Fsp3) is 0.391. The van der Waals surface area contributed by atoms with E-state index >= 15 is 0 Å². The molecule has 6 heteroatoms. The molecule has 0 aliphatic carbocycles. The Labute approximate surface area is 176 Å². The van der Waals surface area contributed by atoms with Crippen molar-refractivity contribution >= 4 is 28.4 Å². The quantitative estimate of drug-likeness (QED) is 0.657. The highest BCUT2D eigenvalue weighted by Gasteiger charge is 2.18. The van der Waals surface area contributed by atoms with E-state index in [0.717, 1.165) is 34.6 Å². The lowest BCUT2D eigenvalue weighted by atomic mass is 10.0. The first-order valence-electron chi connectivity index (χ1n) is 10.3. The van der Waals surface area contributed by atoms with E-state index < -0.39 is 0 Å². The molecule has 1 atom stereocenters. The number of rotatable bonds is 6. The van der Waals surface area contributed by atoms with Gasteiger partial charge in [0.2, 0.25) is 0 Å². The maximum absolute atomic E-state index is 12.7. The Morgan fingerprint density at radius 2 is 2.03 bits per heavy atom. The van der Waals surface area contributed by atoms with Gasteiger partial charge in [-0.15, -0.1) is 0 Å². The molecule has 1 amide bonds. The third-order valence-corrected chi connectivity index (χ3v) is 6.03. The van der Waals surface area contributed by atoms with Crippen LogP contribution in [0.4, 0.5) is 0 Å². The van der Waals surface area contributed by atoms with Crippen LogP contribution >= 0.6 is 11.6 Å². The Hall–Kier alpha value is -2.37. The van der Waals surface area contributed by atoms with Crippen LogP contribution in [0.15, 0.2) is 48.7 Å². The van der Waals surface area contributed by atoms with Crippen molar-refractivity contribution < 1.29 is 4.79 Å². The number of piperidine rings is 1. The number of benzene rings is 2. The third-order valence-electron chi connectivity index (χ3n) is 5.78. The Balaban J connectivity index is 1.42. The van der Waals surface area contributed by atoms with E-state index in [4.69, 9.17) is 11.6 Å². The lowest BCUT2D eigenvalue weighted by Crippen LogP contribution is -2.42. The van der Waals surface area contributed by atoms with Crippen molar-refractivity contribution in [3.05, 3.63) is 64.8 Å². The van der Waals surface area contributed by atoms with Gasteiger partial charge >= 0.3 is 0 Å². The SMILES string of the molecule is C[C@H]1CCCCN1CCNC(=O)c1ccc2cnn(Cc3ccc(Cl)cc3)c2c1. The number of nitrogens with zero attached hydrogens (tertiary/aromatic N) is 3. The second-order valence-electron chi connectivity index (χ2n) is 7.84. The zero-order chi connectivity index (χ0) is 20.2. The summed E-state index contributed by atoms with van der Waals surface area (Å²) in [5.41, 5.74) is 2.74. The third kappa shape index (κ3) is 4.80. The van der Waals surface area contributed by atoms with Gasteiger partial charge in [0.1, 0.15) is 0 Å². The maximum Gasteiger partial charge on any atom is 0.251 e. The summed E-state index contributed by atoms with van der Waals surface area (Å²) in [7, 11) is 0. The van der Waals surface area contributed by atoms with Crippen LogP contribution in [0.2, 0.25) is 5.02 Å². The van der Waals surface area contributed by atoms with Crippen LogP contribution in [0.1, 0.15) is 42.1 Å². The molecule has 1 N–H and O–H groups in total. The van der Waals surface area contributed by atoms with Gasteiger partial charge in [-0.05, 0) is 56.1 Å². The van der Waals surface area contributed by atoms with Crippen LogP contribution < -0.4 is 5.32 Å². The highest BCUT2D eigenvalue weighted by atomic mass is 35.5. The van der Waals surface area contributed by atoms with Crippen molar-refractivity contribution in [1.29, 1.82) is 0 Å². The number of halogens is 1. The zero-order valence-electron chi connectivity index (χ0n) is 16.8. The molecule has 1 aliphatic rings. The highest BCUT2D eigenvalue weighted by molar-refractivity contribution is 6.30. The molecule has 0 unspecified atom stereocenters. The minimum absolute atomic E-state index is 0.0317. The van der Waals surface area contributed by atoms with Crippen molar-refractivity contribution in [3.8, 4) is 0 Å². The molecule has 1 saturated heterocycles. The maximum atomic E-state index is 12.7. The van der Waals surface area contributed by atoms with Gasteiger partial charge in [0.05, 0.1) is 18.3 Å². The molecule has 1 aromatic heterocycles. The van der Waals surface area contributed by atoms with Gasteiger partial charge in [0.15, 0.2) is 0 Å². The first-order chi connectivity index (χ1) is 14.1. The number of nitrogens with one attached hydrogen (secondary N) is 1. The smallest absolute Gasteiger partial charge is 0.251 e. The normalized spacial score (nSPS) is 17.5. The van der Waals surface area contributed by atoms with Crippen LogP contribution in [-0.2, 0) is 6.54 Å². The largest absolute Gasteiger partial charge is 0.351 e. The van der Waals surface area contributed by atoms with Crippen LogP contribution in [0.25, 0.3) is 10.9 Å². The second-order valence-corrected chi connectivity index (χ2v) is 8.28. The summed E-state index contributed by atoms with van der Waals surface area (Å²) in [5.74, 6) is -0.0317. The fourth-order valence-corrected chi connectivity index (χ4v) is 4.13. The van der Waals surface area contributed by atoms with Gasteiger partial charge < -0.3 is 5.32 Å². The predicted octanol–water partition coefficient (Wildman–Crippen LogP) is 4.34. The van der Waals surface area contributed by atoms with Gasteiger partial charge in [-0.3, -0.25) is 14.4 Å². The molecule has 1 fully saturated rings. The Bertz CT molecular complexity index is 982. The molecule has 2 aromatic carbocycles. The van der Waals surface area contributed by atoms with Crippen LogP contribution in [0.5, 0.6) is 0 Å². The molecule has 0 bridgehead atoms. The molecule has 4 rings (SSSR count). The Morgan fingerprint density at radius 1 is 1.21 bits per heavy atom. The number of carbonyl (C=O) groups excluding carboxylic acids is 1. The van der Waals surface area contributed by atoms with E-state index in [1.165, 1.54) is 19.3 Å². The van der Waals surface area contributed by atoms with Crippen molar-refractivity contribution in [2.45, 2.75) is 38.8 Å². The van der Waals surface area contributed by atoms with Crippen molar-refractivity contribution in [1.82, 2.24) is 20.0 Å². The topological polar surface area (TPSA) is 50.2 Å². The first kappa shape index (κ1) is 19.9. The standard InChI is InChI=1S/C23H27ClN4O/c1-17-4-2-3-12-27(17)13-11-25-23(29)19-7-8-20-15-26-28(22(20)14-19)16-18-5-9-21(24)10-6-18/h5-10,14-15,17H,2-4,11-13,16H2,1H3,(H,25,29)/t17-/m0/s1. The van der Waals surface area contributed by atoms with E-state index in [1.54, 1.807) is 0 Å². The molecule has 1 aliphatic heterocycles. The summed E-state index contributed by atoms with van der Waals surface area (Å²) in [6.45, 7) is 5.62. The van der Waals surface area contributed by atoms with Crippen LogP contribution in [0.3, 0.4) is 0 Å². The second kappa shape index (κ2) is 8.97. The molecular weight excluding hydrogens is 384 g/mol. The molecule has 2 heterocycles. The van der Waals surface area contributed by atoms with Gasteiger partial charge in [0, 0.05) is 35.1 Å². The summed E-state index contributed by atoms with van der Waals surface area (Å²) in [4.78, 5) is 15.1. The number of likely N-dealkylation sites (tertiary alicyclic amines) is 1. The molecule has 5 nitrogen and oxygen atoms in total. The average molecular weight is 411 g/mol. The Kier molecular flexibility index (Phi) is 6.16. The van der Waals surface area contributed by atoms with E-state index in [9.17, 15) is 4.79 Å². The number of carbonyl (C=O) groups is 1. The van der Waals surface area contributed by atoms with Crippen molar-refractivity contribution in [3.63, 3.8) is 0 Å². The van der Waals surface area contributed by atoms with Crippen molar-refractivity contribution in [2.24, 2.45) is 0 Å². The van der Waals surface area contributed by atoms with E-state index in [0.29, 0.717) is 24.7 Å². The van der Waals surface area contributed by atoms with Crippen LogP contribution in [-0.4, -0.2) is 46.3 Å². The number of amides is 1. The number of hydrogen-bond donors (Lipinski definition) is 1. The molecular formula is C23H27ClN4O. The highest BCUT2D eigenvalue weighted by Crippen LogP contribution is 2.19. The van der Waals surface area contributed by atoms with E-state index in [-0.39, 0.29) is 5.91 Å². The van der Waals surface area contributed by atoms with Crippen LogP contribution in [0, 0.1) is 0 Å². The van der Waals surface area contributed by atoms with Gasteiger partial charge in [-0.2, -0.15) is 5.10 Å². The van der Waals surface area contributed by atoms with Gasteiger partial charge in [-0.25, -0.2) is 0 Å².